The number of benzene rings is 2. The molecule has 0 bridgehead atoms. The quantitative estimate of drug-likeness (QED) is 0.494. The summed E-state index contributed by atoms with van der Waals surface area (Å²) in [6.45, 7) is 4.27. The van der Waals surface area contributed by atoms with E-state index in [1.807, 2.05) is 26.0 Å². The lowest BCUT2D eigenvalue weighted by molar-refractivity contribution is 0.511. The van der Waals surface area contributed by atoms with Gasteiger partial charge in [0.15, 0.2) is 0 Å². The van der Waals surface area contributed by atoms with E-state index >= 15 is 0 Å². The van der Waals surface area contributed by atoms with Crippen molar-refractivity contribution in [3.8, 4) is 11.4 Å². The largest absolute Gasteiger partial charge is 0.292 e. The van der Waals surface area contributed by atoms with Crippen LogP contribution in [-0.2, 0) is 6.54 Å². The average Bonchev–Trinajstić information content (AvgIpc) is 2.64. The van der Waals surface area contributed by atoms with E-state index in [1.165, 1.54) is 22.0 Å². The molecular formula is C21H17FN2O2S. The Morgan fingerprint density at radius 2 is 1.78 bits per heavy atom. The molecule has 4 nitrogen and oxygen atoms in total. The van der Waals surface area contributed by atoms with Gasteiger partial charge in [-0.1, -0.05) is 38.1 Å². The molecule has 0 radical (unpaired) electrons. The first-order valence-corrected chi connectivity index (χ1v) is 9.50. The molecule has 6 heteroatoms. The van der Waals surface area contributed by atoms with Crippen LogP contribution < -0.4 is 11.0 Å². The summed E-state index contributed by atoms with van der Waals surface area (Å²) in [6, 6.07) is 13.4. The van der Waals surface area contributed by atoms with Gasteiger partial charge in [-0.05, 0) is 30.2 Å². The first-order valence-electron chi connectivity index (χ1n) is 8.68. The number of halogens is 1. The topological polar surface area (TPSA) is 52.0 Å². The number of nitrogens with zero attached hydrogens (tertiary/aromatic N) is 2. The molecular weight excluding hydrogens is 363 g/mol. The van der Waals surface area contributed by atoms with Crippen LogP contribution in [-0.4, -0.2) is 9.55 Å². The lowest BCUT2D eigenvalue weighted by Crippen LogP contribution is -2.29. The Bertz CT molecular complexity index is 1290. The number of aromatic nitrogens is 2. The molecule has 4 aromatic rings. The molecule has 0 aliphatic rings. The molecule has 27 heavy (non-hydrogen) atoms. The Balaban J connectivity index is 2.17. The van der Waals surface area contributed by atoms with Gasteiger partial charge in [0.05, 0.1) is 5.56 Å². The van der Waals surface area contributed by atoms with Crippen molar-refractivity contribution in [3.05, 3.63) is 74.9 Å². The minimum atomic E-state index is -0.450. The van der Waals surface area contributed by atoms with Gasteiger partial charge in [-0.15, -0.1) is 11.3 Å². The normalized spacial score (nSPS) is 11.6. The zero-order valence-corrected chi connectivity index (χ0v) is 15.7. The molecule has 0 unspecified atom stereocenters. The van der Waals surface area contributed by atoms with Gasteiger partial charge in [0, 0.05) is 16.6 Å². The first-order chi connectivity index (χ1) is 13.0. The van der Waals surface area contributed by atoms with Gasteiger partial charge in [-0.25, -0.2) is 9.37 Å². The van der Waals surface area contributed by atoms with Crippen molar-refractivity contribution >= 4 is 31.6 Å². The van der Waals surface area contributed by atoms with Crippen molar-refractivity contribution in [2.24, 2.45) is 5.92 Å². The van der Waals surface area contributed by atoms with Gasteiger partial charge in [0.2, 0.25) is 5.43 Å². The predicted octanol–water partition coefficient (Wildman–Crippen LogP) is 4.43. The van der Waals surface area contributed by atoms with Crippen LogP contribution in [0.5, 0.6) is 0 Å². The molecule has 0 spiro atoms. The second kappa shape index (κ2) is 6.70. The fourth-order valence-electron chi connectivity index (χ4n) is 3.17. The third kappa shape index (κ3) is 2.96. The maximum Gasteiger partial charge on any atom is 0.266 e. The van der Waals surface area contributed by atoms with E-state index in [0.717, 1.165) is 4.70 Å². The Morgan fingerprint density at radius 3 is 2.52 bits per heavy atom. The first kappa shape index (κ1) is 17.5. The van der Waals surface area contributed by atoms with Gasteiger partial charge in [0.25, 0.3) is 5.56 Å². The Hall–Kier alpha value is -2.86. The van der Waals surface area contributed by atoms with Crippen molar-refractivity contribution in [2.75, 3.05) is 0 Å². The minimum absolute atomic E-state index is 0.0689. The van der Waals surface area contributed by atoms with E-state index in [-0.39, 0.29) is 28.1 Å². The van der Waals surface area contributed by atoms with Crippen molar-refractivity contribution in [3.63, 3.8) is 0 Å². The van der Waals surface area contributed by atoms with Crippen molar-refractivity contribution in [1.29, 1.82) is 0 Å². The van der Waals surface area contributed by atoms with Crippen LogP contribution in [0.4, 0.5) is 4.39 Å². The van der Waals surface area contributed by atoms with Crippen LogP contribution >= 0.6 is 11.3 Å². The summed E-state index contributed by atoms with van der Waals surface area (Å²) in [5.41, 5.74) is -0.488. The zero-order valence-electron chi connectivity index (χ0n) is 14.9. The highest BCUT2D eigenvalue weighted by Gasteiger charge is 2.19. The third-order valence-electron chi connectivity index (χ3n) is 4.36. The molecule has 0 atom stereocenters. The van der Waals surface area contributed by atoms with Crippen molar-refractivity contribution < 1.29 is 4.39 Å². The monoisotopic (exact) mass is 380 g/mol. The fraction of sp³-hybridized carbons (Fsp3) is 0.190. The molecule has 136 valence electrons. The van der Waals surface area contributed by atoms with Crippen LogP contribution in [0.25, 0.3) is 31.7 Å². The van der Waals surface area contributed by atoms with E-state index < -0.39 is 11.4 Å². The predicted molar refractivity (Wildman–Crippen MR) is 108 cm³/mol. The molecule has 0 aliphatic heterocycles. The van der Waals surface area contributed by atoms with E-state index in [1.54, 1.807) is 30.3 Å². The van der Waals surface area contributed by atoms with Crippen LogP contribution in [0, 0.1) is 11.7 Å². The number of hydrogen-bond donors (Lipinski definition) is 0. The smallest absolute Gasteiger partial charge is 0.266 e. The summed E-state index contributed by atoms with van der Waals surface area (Å²) in [5.74, 6) is -0.0636. The summed E-state index contributed by atoms with van der Waals surface area (Å²) in [5, 5.41) is 0.572. The molecule has 0 saturated heterocycles. The Labute approximate surface area is 158 Å². The van der Waals surface area contributed by atoms with Crippen LogP contribution in [0.1, 0.15) is 13.8 Å². The van der Waals surface area contributed by atoms with E-state index in [9.17, 15) is 14.0 Å². The highest BCUT2D eigenvalue weighted by molar-refractivity contribution is 7.24. The second-order valence-corrected chi connectivity index (χ2v) is 7.86. The SMILES string of the molecule is CC(C)Cn1c(-c2ccccc2F)nc2sc3ccccc3c(=O)c2c1=O. The average molecular weight is 380 g/mol. The van der Waals surface area contributed by atoms with Gasteiger partial charge in [0.1, 0.15) is 21.9 Å². The highest BCUT2D eigenvalue weighted by Crippen LogP contribution is 2.26. The molecule has 4 rings (SSSR count). The highest BCUT2D eigenvalue weighted by atomic mass is 32.1. The van der Waals surface area contributed by atoms with E-state index in [4.69, 9.17) is 0 Å². The number of fused-ring (bicyclic) bond motifs is 2. The van der Waals surface area contributed by atoms with Crippen LogP contribution in [0.15, 0.2) is 58.1 Å². The Kier molecular flexibility index (Phi) is 4.36. The molecule has 2 aromatic carbocycles. The molecule has 0 fully saturated rings. The van der Waals surface area contributed by atoms with Gasteiger partial charge in [-0.3, -0.25) is 14.2 Å². The molecule has 0 aliphatic carbocycles. The molecule has 2 heterocycles. The number of rotatable bonds is 3. The Morgan fingerprint density at radius 1 is 1.07 bits per heavy atom. The fourth-order valence-corrected chi connectivity index (χ4v) is 4.21. The van der Waals surface area contributed by atoms with Crippen molar-refractivity contribution in [2.45, 2.75) is 20.4 Å². The summed E-state index contributed by atoms with van der Waals surface area (Å²) < 4.78 is 16.6. The van der Waals surface area contributed by atoms with E-state index in [0.29, 0.717) is 16.8 Å². The maximum atomic E-state index is 14.4. The minimum Gasteiger partial charge on any atom is -0.292 e. The third-order valence-corrected chi connectivity index (χ3v) is 5.43. The van der Waals surface area contributed by atoms with Crippen molar-refractivity contribution in [1.82, 2.24) is 9.55 Å². The summed E-state index contributed by atoms with van der Waals surface area (Å²) in [4.78, 5) is 31.1. The lowest BCUT2D eigenvalue weighted by Gasteiger charge is -2.15. The summed E-state index contributed by atoms with van der Waals surface area (Å²) >= 11 is 1.27. The van der Waals surface area contributed by atoms with E-state index in [2.05, 4.69) is 4.98 Å². The molecule has 0 saturated carbocycles. The zero-order chi connectivity index (χ0) is 19.1. The summed E-state index contributed by atoms with van der Waals surface area (Å²) in [7, 11) is 0. The summed E-state index contributed by atoms with van der Waals surface area (Å²) in [6.07, 6.45) is 0. The molecule has 0 amide bonds. The molecule has 0 N–H and O–H groups in total. The van der Waals surface area contributed by atoms with Gasteiger partial charge < -0.3 is 0 Å². The lowest BCUT2D eigenvalue weighted by atomic mass is 10.1. The number of hydrogen-bond acceptors (Lipinski definition) is 4. The van der Waals surface area contributed by atoms with Gasteiger partial charge in [-0.2, -0.15) is 0 Å². The maximum absolute atomic E-state index is 14.4. The van der Waals surface area contributed by atoms with Crippen LogP contribution in [0.3, 0.4) is 0 Å². The molecule has 2 aromatic heterocycles. The van der Waals surface area contributed by atoms with Crippen LogP contribution in [0.2, 0.25) is 0 Å². The standard InChI is InChI=1S/C21H17FN2O2S/c1-12(2)11-24-19(13-7-3-5-9-15(13)22)23-20-17(21(24)26)18(25)14-8-4-6-10-16(14)27-20/h3-10,12H,11H2,1-2H3. The van der Waals surface area contributed by atoms with Gasteiger partial charge >= 0.3 is 0 Å². The second-order valence-electron chi connectivity index (χ2n) is 6.83.